The van der Waals surface area contributed by atoms with E-state index in [1.54, 1.807) is 0 Å². The van der Waals surface area contributed by atoms with E-state index in [2.05, 4.69) is 15.4 Å². The first kappa shape index (κ1) is 12.6. The molecule has 1 aromatic heterocycles. The van der Waals surface area contributed by atoms with Gasteiger partial charge in [0.25, 0.3) is 0 Å². The molecule has 0 bridgehead atoms. The third kappa shape index (κ3) is 3.03. The van der Waals surface area contributed by atoms with Crippen molar-refractivity contribution in [2.24, 2.45) is 11.1 Å². The van der Waals surface area contributed by atoms with Crippen LogP contribution in [-0.4, -0.2) is 27.2 Å². The SMILES string of the molecule is CCn1ncnc1CNCC(C)(C)C(N)=O. The van der Waals surface area contributed by atoms with Gasteiger partial charge in [-0.05, 0) is 20.8 Å². The zero-order valence-electron chi connectivity index (χ0n) is 10.0. The number of amides is 1. The monoisotopic (exact) mass is 225 g/mol. The molecule has 0 atom stereocenters. The van der Waals surface area contributed by atoms with Gasteiger partial charge in [0.05, 0.1) is 12.0 Å². The molecule has 0 saturated heterocycles. The Morgan fingerprint density at radius 3 is 2.88 bits per heavy atom. The minimum Gasteiger partial charge on any atom is -0.369 e. The van der Waals surface area contributed by atoms with E-state index in [9.17, 15) is 4.79 Å². The van der Waals surface area contributed by atoms with Crippen LogP contribution in [0.15, 0.2) is 6.33 Å². The van der Waals surface area contributed by atoms with Crippen molar-refractivity contribution in [2.75, 3.05) is 6.54 Å². The van der Waals surface area contributed by atoms with E-state index >= 15 is 0 Å². The van der Waals surface area contributed by atoms with Gasteiger partial charge in [-0.2, -0.15) is 5.10 Å². The summed E-state index contributed by atoms with van der Waals surface area (Å²) < 4.78 is 1.81. The molecule has 1 amide bonds. The molecule has 6 heteroatoms. The van der Waals surface area contributed by atoms with E-state index in [1.165, 1.54) is 6.33 Å². The van der Waals surface area contributed by atoms with Crippen molar-refractivity contribution in [2.45, 2.75) is 33.9 Å². The van der Waals surface area contributed by atoms with Crippen LogP contribution in [0.4, 0.5) is 0 Å². The summed E-state index contributed by atoms with van der Waals surface area (Å²) in [6, 6.07) is 0. The Hall–Kier alpha value is -1.43. The standard InChI is InChI=1S/C10H19N5O/c1-4-15-8(13-7-14-15)5-12-6-10(2,3)9(11)16/h7,12H,4-6H2,1-3H3,(H2,11,16). The third-order valence-corrected chi connectivity index (χ3v) is 2.51. The van der Waals surface area contributed by atoms with E-state index in [0.29, 0.717) is 13.1 Å². The fraction of sp³-hybridized carbons (Fsp3) is 0.700. The lowest BCUT2D eigenvalue weighted by Crippen LogP contribution is -2.40. The van der Waals surface area contributed by atoms with Crippen molar-refractivity contribution >= 4 is 5.91 Å². The maximum atomic E-state index is 11.1. The minimum absolute atomic E-state index is 0.308. The van der Waals surface area contributed by atoms with Gasteiger partial charge in [-0.25, -0.2) is 9.67 Å². The van der Waals surface area contributed by atoms with E-state index in [0.717, 1.165) is 12.4 Å². The maximum absolute atomic E-state index is 11.1. The molecule has 0 aliphatic carbocycles. The molecule has 0 unspecified atom stereocenters. The van der Waals surface area contributed by atoms with Crippen LogP contribution in [0, 0.1) is 5.41 Å². The largest absolute Gasteiger partial charge is 0.369 e. The molecule has 0 spiro atoms. The highest BCUT2D eigenvalue weighted by Crippen LogP contribution is 2.11. The average molecular weight is 225 g/mol. The molecule has 3 N–H and O–H groups in total. The molecule has 1 aromatic rings. The fourth-order valence-electron chi connectivity index (χ4n) is 1.26. The molecule has 0 aliphatic heterocycles. The number of nitrogens with two attached hydrogens (primary N) is 1. The van der Waals surface area contributed by atoms with Crippen LogP contribution in [0.2, 0.25) is 0 Å². The number of nitrogens with zero attached hydrogens (tertiary/aromatic N) is 3. The Kier molecular flexibility index (Phi) is 4.00. The van der Waals surface area contributed by atoms with Crippen molar-refractivity contribution in [3.05, 3.63) is 12.2 Å². The molecular formula is C10H19N5O. The molecule has 16 heavy (non-hydrogen) atoms. The lowest BCUT2D eigenvalue weighted by Gasteiger charge is -2.20. The van der Waals surface area contributed by atoms with Crippen molar-refractivity contribution in [1.29, 1.82) is 0 Å². The number of aryl methyl sites for hydroxylation is 1. The maximum Gasteiger partial charge on any atom is 0.224 e. The zero-order valence-corrected chi connectivity index (χ0v) is 10.0. The minimum atomic E-state index is -0.545. The number of carbonyl (C=O) groups is 1. The quantitative estimate of drug-likeness (QED) is 0.708. The first-order valence-corrected chi connectivity index (χ1v) is 5.34. The summed E-state index contributed by atoms with van der Waals surface area (Å²) in [7, 11) is 0. The second-order valence-electron chi connectivity index (χ2n) is 4.34. The first-order valence-electron chi connectivity index (χ1n) is 5.34. The Morgan fingerprint density at radius 2 is 2.31 bits per heavy atom. The van der Waals surface area contributed by atoms with Crippen LogP contribution < -0.4 is 11.1 Å². The molecule has 0 aromatic carbocycles. The van der Waals surface area contributed by atoms with Crippen LogP contribution in [0.5, 0.6) is 0 Å². The second-order valence-corrected chi connectivity index (χ2v) is 4.34. The van der Waals surface area contributed by atoms with E-state index in [4.69, 9.17) is 5.73 Å². The molecule has 0 fully saturated rings. The van der Waals surface area contributed by atoms with Gasteiger partial charge >= 0.3 is 0 Å². The number of hydrogen-bond acceptors (Lipinski definition) is 4. The predicted molar refractivity (Wildman–Crippen MR) is 60.4 cm³/mol. The van der Waals surface area contributed by atoms with Crippen LogP contribution >= 0.6 is 0 Å². The lowest BCUT2D eigenvalue weighted by molar-refractivity contribution is -0.125. The summed E-state index contributed by atoms with van der Waals surface area (Å²) in [4.78, 5) is 15.2. The molecule has 1 heterocycles. The number of carbonyl (C=O) groups excluding carboxylic acids is 1. The topological polar surface area (TPSA) is 85.8 Å². The number of hydrogen-bond donors (Lipinski definition) is 2. The summed E-state index contributed by atoms with van der Waals surface area (Å²) in [5.74, 6) is 0.555. The summed E-state index contributed by atoms with van der Waals surface area (Å²) in [6.07, 6.45) is 1.53. The van der Waals surface area contributed by atoms with Gasteiger partial charge in [0.1, 0.15) is 12.2 Å². The number of rotatable bonds is 6. The Balaban J connectivity index is 2.44. The van der Waals surface area contributed by atoms with E-state index in [1.807, 2.05) is 25.5 Å². The highest BCUT2D eigenvalue weighted by Gasteiger charge is 2.24. The number of nitrogens with one attached hydrogen (secondary N) is 1. The molecule has 6 nitrogen and oxygen atoms in total. The summed E-state index contributed by atoms with van der Waals surface area (Å²) >= 11 is 0. The molecule has 0 aliphatic rings. The van der Waals surface area contributed by atoms with Gasteiger partial charge < -0.3 is 11.1 Å². The Bertz CT molecular complexity index is 358. The Labute approximate surface area is 95.2 Å². The summed E-state index contributed by atoms with van der Waals surface area (Å²) in [5.41, 5.74) is 4.73. The summed E-state index contributed by atoms with van der Waals surface area (Å²) in [5, 5.41) is 7.22. The fourth-order valence-corrected chi connectivity index (χ4v) is 1.26. The first-order chi connectivity index (χ1) is 7.47. The normalized spacial score (nSPS) is 11.7. The molecule has 90 valence electrons. The van der Waals surface area contributed by atoms with Crippen LogP contribution in [-0.2, 0) is 17.9 Å². The van der Waals surface area contributed by atoms with Crippen molar-refractivity contribution < 1.29 is 4.79 Å². The van der Waals surface area contributed by atoms with Crippen LogP contribution in [0.25, 0.3) is 0 Å². The summed E-state index contributed by atoms with van der Waals surface area (Å²) in [6.45, 7) is 7.53. The lowest BCUT2D eigenvalue weighted by atomic mass is 9.93. The smallest absolute Gasteiger partial charge is 0.224 e. The van der Waals surface area contributed by atoms with Crippen molar-refractivity contribution in [3.8, 4) is 0 Å². The predicted octanol–water partition coefficient (Wildman–Crippen LogP) is -0.101. The van der Waals surface area contributed by atoms with Gasteiger partial charge in [-0.15, -0.1) is 0 Å². The van der Waals surface area contributed by atoms with E-state index in [-0.39, 0.29) is 5.91 Å². The van der Waals surface area contributed by atoms with Gasteiger partial charge in [-0.1, -0.05) is 0 Å². The third-order valence-electron chi connectivity index (χ3n) is 2.51. The van der Waals surface area contributed by atoms with Crippen LogP contribution in [0.3, 0.4) is 0 Å². The number of primary amides is 1. The molecule has 0 radical (unpaired) electrons. The van der Waals surface area contributed by atoms with Gasteiger partial charge in [0.2, 0.25) is 5.91 Å². The van der Waals surface area contributed by atoms with Gasteiger partial charge in [-0.3, -0.25) is 4.79 Å². The Morgan fingerprint density at radius 1 is 1.62 bits per heavy atom. The number of aromatic nitrogens is 3. The highest BCUT2D eigenvalue weighted by atomic mass is 16.1. The van der Waals surface area contributed by atoms with Gasteiger partial charge in [0.15, 0.2) is 0 Å². The molecular weight excluding hydrogens is 206 g/mol. The second kappa shape index (κ2) is 5.07. The molecule has 0 saturated carbocycles. The van der Waals surface area contributed by atoms with E-state index < -0.39 is 5.41 Å². The average Bonchev–Trinajstić information content (AvgIpc) is 2.64. The van der Waals surface area contributed by atoms with Crippen LogP contribution in [0.1, 0.15) is 26.6 Å². The highest BCUT2D eigenvalue weighted by molar-refractivity contribution is 5.80. The van der Waals surface area contributed by atoms with Gasteiger partial charge in [0, 0.05) is 13.1 Å². The van der Waals surface area contributed by atoms with Crippen molar-refractivity contribution in [1.82, 2.24) is 20.1 Å². The molecule has 1 rings (SSSR count). The van der Waals surface area contributed by atoms with Crippen molar-refractivity contribution in [3.63, 3.8) is 0 Å². The zero-order chi connectivity index (χ0) is 12.2.